The van der Waals surface area contributed by atoms with Gasteiger partial charge in [0.25, 0.3) is 0 Å². The first-order chi connectivity index (χ1) is 10.2. The van der Waals surface area contributed by atoms with Crippen LogP contribution in [-0.2, 0) is 15.1 Å². The van der Waals surface area contributed by atoms with E-state index in [0.29, 0.717) is 24.0 Å². The van der Waals surface area contributed by atoms with E-state index >= 15 is 0 Å². The van der Waals surface area contributed by atoms with Gasteiger partial charge in [-0.15, -0.1) is 0 Å². The Bertz CT molecular complexity index is 692. The average molecular weight is 304 g/mol. The molecule has 0 amide bonds. The quantitative estimate of drug-likeness (QED) is 0.807. The van der Waals surface area contributed by atoms with Crippen LogP contribution in [0, 0.1) is 12.8 Å². The Labute approximate surface area is 128 Å². The maximum Gasteiger partial charge on any atom is 0.302 e. The van der Waals surface area contributed by atoms with Crippen LogP contribution in [0.2, 0.25) is 0 Å². The van der Waals surface area contributed by atoms with Crippen molar-refractivity contribution in [1.29, 1.82) is 0 Å². The zero-order valence-corrected chi connectivity index (χ0v) is 13.2. The SMILES string of the molecule is CC(=O)O[C@H]1CC2=C([C@@H](C)C1)[C@](C)(O)c1c(C)coc1C2=O. The van der Waals surface area contributed by atoms with Gasteiger partial charge in [0, 0.05) is 24.5 Å². The fourth-order valence-corrected chi connectivity index (χ4v) is 4.03. The molecule has 0 aliphatic heterocycles. The molecule has 2 aliphatic rings. The number of hydrogen-bond donors (Lipinski definition) is 1. The number of furan rings is 1. The van der Waals surface area contributed by atoms with E-state index in [0.717, 1.165) is 11.1 Å². The molecule has 5 heteroatoms. The fraction of sp³-hybridized carbons (Fsp3) is 0.529. The molecule has 118 valence electrons. The molecular weight excluding hydrogens is 284 g/mol. The van der Waals surface area contributed by atoms with Gasteiger partial charge in [-0.2, -0.15) is 0 Å². The van der Waals surface area contributed by atoms with E-state index in [1.807, 2.05) is 13.8 Å². The summed E-state index contributed by atoms with van der Waals surface area (Å²) < 4.78 is 10.7. The number of aryl methyl sites for hydroxylation is 1. The van der Waals surface area contributed by atoms with Crippen molar-refractivity contribution >= 4 is 11.8 Å². The normalized spacial score (nSPS) is 30.9. The van der Waals surface area contributed by atoms with Crippen LogP contribution in [-0.4, -0.2) is 23.0 Å². The third-order valence-electron chi connectivity index (χ3n) is 4.67. The number of ether oxygens (including phenoxy) is 1. The molecule has 1 N–H and O–H groups in total. The lowest BCUT2D eigenvalue weighted by atomic mass is 9.67. The highest BCUT2D eigenvalue weighted by atomic mass is 16.5. The van der Waals surface area contributed by atoms with Crippen molar-refractivity contribution < 1.29 is 23.8 Å². The summed E-state index contributed by atoms with van der Waals surface area (Å²) in [5.41, 5.74) is 1.37. The first-order valence-corrected chi connectivity index (χ1v) is 7.49. The van der Waals surface area contributed by atoms with Crippen molar-refractivity contribution in [3.05, 3.63) is 34.3 Å². The molecule has 0 saturated carbocycles. The van der Waals surface area contributed by atoms with Crippen molar-refractivity contribution in [2.24, 2.45) is 5.92 Å². The van der Waals surface area contributed by atoms with E-state index in [1.54, 1.807) is 6.92 Å². The molecular formula is C17H20O5. The minimum Gasteiger partial charge on any atom is -0.462 e. The molecule has 1 aromatic heterocycles. The minimum atomic E-state index is -1.23. The first-order valence-electron chi connectivity index (χ1n) is 7.49. The number of carbonyl (C=O) groups is 2. The molecule has 22 heavy (non-hydrogen) atoms. The Hall–Kier alpha value is -1.88. The largest absolute Gasteiger partial charge is 0.462 e. The van der Waals surface area contributed by atoms with Crippen LogP contribution < -0.4 is 0 Å². The summed E-state index contributed by atoms with van der Waals surface area (Å²) >= 11 is 0. The van der Waals surface area contributed by atoms with E-state index in [-0.39, 0.29) is 29.5 Å². The van der Waals surface area contributed by atoms with Crippen LogP contribution in [0.3, 0.4) is 0 Å². The highest BCUT2D eigenvalue weighted by molar-refractivity contribution is 6.10. The molecule has 0 fully saturated rings. The Balaban J connectivity index is 2.10. The Morgan fingerprint density at radius 2 is 2.18 bits per heavy atom. The lowest BCUT2D eigenvalue weighted by molar-refractivity contribution is -0.147. The number of ketones is 1. The molecule has 0 saturated heterocycles. The van der Waals surface area contributed by atoms with Crippen LogP contribution in [0.4, 0.5) is 0 Å². The predicted octanol–water partition coefficient (Wildman–Crippen LogP) is 2.65. The van der Waals surface area contributed by atoms with E-state index in [4.69, 9.17) is 9.15 Å². The maximum absolute atomic E-state index is 12.7. The van der Waals surface area contributed by atoms with E-state index in [2.05, 4.69) is 0 Å². The lowest BCUT2D eigenvalue weighted by Crippen LogP contribution is -2.41. The highest BCUT2D eigenvalue weighted by Gasteiger charge is 2.48. The lowest BCUT2D eigenvalue weighted by Gasteiger charge is -2.41. The molecule has 1 aromatic rings. The Morgan fingerprint density at radius 3 is 2.82 bits per heavy atom. The van der Waals surface area contributed by atoms with Crippen LogP contribution in [0.1, 0.15) is 55.3 Å². The third-order valence-corrected chi connectivity index (χ3v) is 4.67. The fourth-order valence-electron chi connectivity index (χ4n) is 4.03. The number of hydrogen-bond acceptors (Lipinski definition) is 5. The molecule has 0 aromatic carbocycles. The van der Waals surface area contributed by atoms with Crippen molar-refractivity contribution in [2.45, 2.75) is 52.2 Å². The number of rotatable bonds is 1. The molecule has 3 rings (SSSR count). The molecule has 1 heterocycles. The van der Waals surface area contributed by atoms with E-state index in [9.17, 15) is 14.7 Å². The van der Waals surface area contributed by atoms with E-state index in [1.165, 1.54) is 13.2 Å². The third kappa shape index (κ3) is 2.03. The molecule has 0 radical (unpaired) electrons. The molecule has 0 spiro atoms. The smallest absolute Gasteiger partial charge is 0.302 e. The van der Waals surface area contributed by atoms with Crippen molar-refractivity contribution in [3.63, 3.8) is 0 Å². The van der Waals surface area contributed by atoms with Crippen LogP contribution >= 0.6 is 0 Å². The van der Waals surface area contributed by atoms with Gasteiger partial charge in [-0.1, -0.05) is 6.92 Å². The summed E-state index contributed by atoms with van der Waals surface area (Å²) in [6.07, 6.45) is 2.11. The molecule has 2 aliphatic carbocycles. The molecule has 0 unspecified atom stereocenters. The van der Waals surface area contributed by atoms with Gasteiger partial charge < -0.3 is 14.3 Å². The number of fused-ring (bicyclic) bond motifs is 1. The van der Waals surface area contributed by atoms with Gasteiger partial charge >= 0.3 is 5.97 Å². The second-order valence-electron chi connectivity index (χ2n) is 6.49. The minimum absolute atomic E-state index is 0.0468. The summed E-state index contributed by atoms with van der Waals surface area (Å²) in [6, 6.07) is 0. The maximum atomic E-state index is 12.7. The van der Waals surface area contributed by atoms with Gasteiger partial charge in [-0.25, -0.2) is 0 Å². The summed E-state index contributed by atoms with van der Waals surface area (Å²) in [5, 5.41) is 11.1. The summed E-state index contributed by atoms with van der Waals surface area (Å²) in [4.78, 5) is 23.9. The van der Waals surface area contributed by atoms with Gasteiger partial charge in [-0.05, 0) is 37.3 Å². The van der Waals surface area contributed by atoms with Crippen LogP contribution in [0.25, 0.3) is 0 Å². The van der Waals surface area contributed by atoms with Crippen molar-refractivity contribution in [3.8, 4) is 0 Å². The van der Waals surface area contributed by atoms with Gasteiger partial charge in [0.2, 0.25) is 5.78 Å². The summed E-state index contributed by atoms with van der Waals surface area (Å²) in [6.45, 7) is 6.85. The summed E-state index contributed by atoms with van der Waals surface area (Å²) in [7, 11) is 0. The number of aliphatic hydroxyl groups is 1. The van der Waals surface area contributed by atoms with Crippen LogP contribution in [0.5, 0.6) is 0 Å². The number of carbonyl (C=O) groups excluding carboxylic acids is 2. The van der Waals surface area contributed by atoms with Gasteiger partial charge in [0.1, 0.15) is 11.7 Å². The zero-order valence-electron chi connectivity index (χ0n) is 13.2. The number of esters is 1. The molecule has 0 bridgehead atoms. The first kappa shape index (κ1) is 15.0. The second-order valence-corrected chi connectivity index (χ2v) is 6.49. The second kappa shape index (κ2) is 4.81. The number of Topliss-reactive ketones (excluding diaryl/α,β-unsaturated/α-hetero) is 1. The monoisotopic (exact) mass is 304 g/mol. The van der Waals surface area contributed by atoms with Gasteiger partial charge in [0.15, 0.2) is 5.76 Å². The van der Waals surface area contributed by atoms with Gasteiger partial charge in [0.05, 0.1) is 6.26 Å². The zero-order chi connectivity index (χ0) is 16.2. The van der Waals surface area contributed by atoms with E-state index < -0.39 is 5.60 Å². The Morgan fingerprint density at radius 1 is 1.50 bits per heavy atom. The standard InChI is InChI=1S/C17H20O5/c1-8-5-11(22-10(3)18)6-12-13(8)17(4,20)14-9(2)7-21-16(14)15(12)19/h7-8,11,20H,5-6H2,1-4H3/t8-,11+,17-/m0/s1. The average Bonchev–Trinajstić information content (AvgIpc) is 2.77. The molecule has 3 atom stereocenters. The topological polar surface area (TPSA) is 76.7 Å². The molecule has 5 nitrogen and oxygen atoms in total. The Kier molecular flexibility index (Phi) is 3.29. The van der Waals surface area contributed by atoms with Crippen molar-refractivity contribution in [1.82, 2.24) is 0 Å². The van der Waals surface area contributed by atoms with Crippen molar-refractivity contribution in [2.75, 3.05) is 0 Å². The van der Waals surface area contributed by atoms with Crippen LogP contribution in [0.15, 0.2) is 21.8 Å². The highest BCUT2D eigenvalue weighted by Crippen LogP contribution is 2.49. The van der Waals surface area contributed by atoms with Gasteiger partial charge in [-0.3, -0.25) is 9.59 Å². The summed E-state index contributed by atoms with van der Waals surface area (Å²) in [5.74, 6) is -0.398. The predicted molar refractivity (Wildman–Crippen MR) is 78.3 cm³/mol.